The quantitative estimate of drug-likeness (QED) is 0.596. The van der Waals surface area contributed by atoms with Gasteiger partial charge in [-0.05, 0) is 25.2 Å². The standard InChI is InChI=1S/C18H30O4/c1-13-12-15(19)14-10-8-6-4-3-5-7-9-11-18(13,16(14)20)17(21)22-2/h13-15,19H,3-12H2,1-2H3/t13-,14+,15-,18-/m0/s1. The number of carbonyl (C=O) groups excluding carboxylic acids is 2. The van der Waals surface area contributed by atoms with Gasteiger partial charge >= 0.3 is 5.97 Å². The number of hydrogen-bond donors (Lipinski definition) is 1. The number of rotatable bonds is 1. The second kappa shape index (κ2) is 7.58. The fourth-order valence-electron chi connectivity index (χ4n) is 4.41. The molecular formula is C18H30O4. The number of carbonyl (C=O) groups is 2. The van der Waals surface area contributed by atoms with Crippen molar-refractivity contribution in [3.8, 4) is 0 Å². The average molecular weight is 310 g/mol. The maximum Gasteiger partial charge on any atom is 0.319 e. The fraction of sp³-hybridized carbons (Fsp3) is 0.889. The minimum atomic E-state index is -1.03. The largest absolute Gasteiger partial charge is 0.468 e. The number of Topliss-reactive ketones (excluding diaryl/α,β-unsaturated/α-hetero) is 1. The Bertz CT molecular complexity index is 406. The van der Waals surface area contributed by atoms with Gasteiger partial charge in [-0.2, -0.15) is 0 Å². The molecule has 2 saturated carbocycles. The molecule has 2 rings (SSSR count). The van der Waals surface area contributed by atoms with Crippen LogP contribution in [0.5, 0.6) is 0 Å². The molecule has 0 spiro atoms. The van der Waals surface area contributed by atoms with Crippen molar-refractivity contribution in [3.05, 3.63) is 0 Å². The SMILES string of the molecule is COC(=O)[C@]12CCCCCCCCC[C@@H](C1=O)[C@@H](O)C[C@@H]2C. The molecule has 2 aliphatic carbocycles. The first-order chi connectivity index (χ1) is 10.5. The Kier molecular flexibility index (Phi) is 6.01. The molecule has 0 heterocycles. The molecule has 4 atom stereocenters. The predicted octanol–water partition coefficient (Wildman–Crippen LogP) is 3.26. The summed E-state index contributed by atoms with van der Waals surface area (Å²) >= 11 is 0. The van der Waals surface area contributed by atoms with Gasteiger partial charge in [-0.1, -0.05) is 51.9 Å². The number of ether oxygens (including phenoxy) is 1. The van der Waals surface area contributed by atoms with Gasteiger partial charge in [0.25, 0.3) is 0 Å². The number of esters is 1. The molecule has 2 fully saturated rings. The van der Waals surface area contributed by atoms with Crippen LogP contribution in [0.4, 0.5) is 0 Å². The number of aliphatic hydroxyl groups is 1. The maximum absolute atomic E-state index is 13.1. The van der Waals surface area contributed by atoms with Gasteiger partial charge in [-0.25, -0.2) is 0 Å². The molecule has 0 unspecified atom stereocenters. The average Bonchev–Trinajstić information content (AvgIpc) is 2.49. The first-order valence-corrected chi connectivity index (χ1v) is 8.85. The van der Waals surface area contributed by atoms with E-state index in [0.29, 0.717) is 19.3 Å². The van der Waals surface area contributed by atoms with Crippen molar-refractivity contribution in [1.29, 1.82) is 0 Å². The van der Waals surface area contributed by atoms with Crippen molar-refractivity contribution in [2.45, 2.75) is 77.2 Å². The van der Waals surface area contributed by atoms with Gasteiger partial charge in [0, 0.05) is 5.92 Å². The number of methoxy groups -OCH3 is 1. The Labute approximate surface area is 133 Å². The molecule has 0 saturated heterocycles. The van der Waals surface area contributed by atoms with Crippen LogP contribution in [0.25, 0.3) is 0 Å². The molecule has 126 valence electrons. The zero-order valence-corrected chi connectivity index (χ0v) is 14.0. The summed E-state index contributed by atoms with van der Waals surface area (Å²) in [6.45, 7) is 1.92. The third-order valence-corrected chi connectivity index (χ3v) is 5.81. The van der Waals surface area contributed by atoms with Crippen molar-refractivity contribution in [2.75, 3.05) is 7.11 Å². The van der Waals surface area contributed by atoms with Crippen LogP contribution in [-0.2, 0) is 14.3 Å². The summed E-state index contributed by atoms with van der Waals surface area (Å²) < 4.78 is 5.03. The second-order valence-corrected chi connectivity index (χ2v) is 7.15. The molecule has 2 bridgehead atoms. The van der Waals surface area contributed by atoms with E-state index < -0.39 is 17.4 Å². The van der Waals surface area contributed by atoms with E-state index in [2.05, 4.69) is 0 Å². The van der Waals surface area contributed by atoms with E-state index in [4.69, 9.17) is 4.74 Å². The normalized spacial score (nSPS) is 37.8. The number of ketones is 1. The smallest absolute Gasteiger partial charge is 0.319 e. The first-order valence-electron chi connectivity index (χ1n) is 8.85. The van der Waals surface area contributed by atoms with Crippen molar-refractivity contribution in [1.82, 2.24) is 0 Å². The van der Waals surface area contributed by atoms with Crippen LogP contribution >= 0.6 is 0 Å². The topological polar surface area (TPSA) is 63.6 Å². The minimum Gasteiger partial charge on any atom is -0.468 e. The zero-order chi connectivity index (χ0) is 16.2. The van der Waals surface area contributed by atoms with E-state index in [0.717, 1.165) is 25.7 Å². The fourth-order valence-corrected chi connectivity index (χ4v) is 4.41. The van der Waals surface area contributed by atoms with Crippen LogP contribution in [-0.4, -0.2) is 30.1 Å². The summed E-state index contributed by atoms with van der Waals surface area (Å²) in [4.78, 5) is 25.6. The summed E-state index contributed by atoms with van der Waals surface area (Å²) in [5.74, 6) is -0.999. The lowest BCUT2D eigenvalue weighted by atomic mass is 9.58. The Morgan fingerprint density at radius 2 is 1.73 bits per heavy atom. The summed E-state index contributed by atoms with van der Waals surface area (Å²) in [6, 6.07) is 0. The van der Waals surface area contributed by atoms with E-state index in [1.54, 1.807) is 0 Å². The van der Waals surface area contributed by atoms with Gasteiger partial charge in [-0.3, -0.25) is 9.59 Å². The summed E-state index contributed by atoms with van der Waals surface area (Å²) in [7, 11) is 1.37. The van der Waals surface area contributed by atoms with E-state index in [9.17, 15) is 14.7 Å². The Morgan fingerprint density at radius 3 is 2.36 bits per heavy atom. The molecule has 4 nitrogen and oxygen atoms in total. The van der Waals surface area contributed by atoms with Gasteiger partial charge in [0.1, 0.15) is 5.41 Å². The van der Waals surface area contributed by atoms with Crippen LogP contribution in [0.2, 0.25) is 0 Å². The lowest BCUT2D eigenvalue weighted by molar-refractivity contribution is -0.172. The van der Waals surface area contributed by atoms with Gasteiger partial charge < -0.3 is 9.84 Å². The van der Waals surface area contributed by atoms with Crippen LogP contribution < -0.4 is 0 Å². The second-order valence-electron chi connectivity index (χ2n) is 7.15. The number of aliphatic hydroxyl groups excluding tert-OH is 1. The van der Waals surface area contributed by atoms with Crippen molar-refractivity contribution >= 4 is 11.8 Å². The molecular weight excluding hydrogens is 280 g/mol. The molecule has 1 N–H and O–H groups in total. The monoisotopic (exact) mass is 310 g/mol. The third-order valence-electron chi connectivity index (χ3n) is 5.81. The molecule has 22 heavy (non-hydrogen) atoms. The zero-order valence-electron chi connectivity index (χ0n) is 14.0. The van der Waals surface area contributed by atoms with E-state index in [1.807, 2.05) is 6.92 Å². The lowest BCUT2D eigenvalue weighted by Gasteiger charge is -2.44. The van der Waals surface area contributed by atoms with E-state index in [-0.39, 0.29) is 17.7 Å². The highest BCUT2D eigenvalue weighted by molar-refractivity contribution is 6.06. The highest BCUT2D eigenvalue weighted by atomic mass is 16.5. The highest BCUT2D eigenvalue weighted by Gasteiger charge is 2.57. The van der Waals surface area contributed by atoms with Crippen LogP contribution in [0.1, 0.15) is 71.1 Å². The highest BCUT2D eigenvalue weighted by Crippen LogP contribution is 2.47. The maximum atomic E-state index is 13.1. The Balaban J connectivity index is 2.32. The third kappa shape index (κ3) is 3.22. The molecule has 4 heteroatoms. The van der Waals surface area contributed by atoms with E-state index in [1.165, 1.54) is 26.4 Å². The first kappa shape index (κ1) is 17.5. The molecule has 2 aliphatic rings. The van der Waals surface area contributed by atoms with Crippen molar-refractivity contribution in [2.24, 2.45) is 17.3 Å². The van der Waals surface area contributed by atoms with Crippen LogP contribution in [0.15, 0.2) is 0 Å². The summed E-state index contributed by atoms with van der Waals surface area (Å²) in [5, 5.41) is 10.4. The molecule has 0 amide bonds. The van der Waals surface area contributed by atoms with Gasteiger partial charge in [-0.15, -0.1) is 0 Å². The van der Waals surface area contributed by atoms with Crippen LogP contribution in [0, 0.1) is 17.3 Å². The predicted molar refractivity (Wildman–Crippen MR) is 84.3 cm³/mol. The van der Waals surface area contributed by atoms with Crippen LogP contribution in [0.3, 0.4) is 0 Å². The molecule has 0 aromatic heterocycles. The molecule has 0 aliphatic heterocycles. The van der Waals surface area contributed by atoms with Crippen molar-refractivity contribution < 1.29 is 19.4 Å². The molecule has 0 aromatic rings. The lowest BCUT2D eigenvalue weighted by Crippen LogP contribution is -2.55. The molecule has 0 radical (unpaired) electrons. The van der Waals surface area contributed by atoms with Gasteiger partial charge in [0.15, 0.2) is 5.78 Å². The van der Waals surface area contributed by atoms with Gasteiger partial charge in [0.2, 0.25) is 0 Å². The minimum absolute atomic E-state index is 0.0637. The Morgan fingerprint density at radius 1 is 1.14 bits per heavy atom. The number of fused-ring (bicyclic) bond motifs is 2. The molecule has 0 aromatic carbocycles. The summed E-state index contributed by atoms with van der Waals surface area (Å²) in [5.41, 5.74) is -1.03. The number of hydrogen-bond acceptors (Lipinski definition) is 4. The van der Waals surface area contributed by atoms with Gasteiger partial charge in [0.05, 0.1) is 13.2 Å². The van der Waals surface area contributed by atoms with Crippen molar-refractivity contribution in [3.63, 3.8) is 0 Å². The van der Waals surface area contributed by atoms with E-state index >= 15 is 0 Å². The summed E-state index contributed by atoms with van der Waals surface area (Å²) in [6.07, 6.45) is 8.79. The Hall–Kier alpha value is -0.900.